The number of rotatable bonds is 4. The van der Waals surface area contributed by atoms with Crippen LogP contribution in [-0.2, 0) is 0 Å². The Balaban J connectivity index is 2.24. The van der Waals surface area contributed by atoms with Crippen LogP contribution in [0.15, 0.2) is 41.1 Å². The zero-order chi connectivity index (χ0) is 13.0. The lowest BCUT2D eigenvalue weighted by molar-refractivity contribution is 0.837. The number of anilines is 1. The van der Waals surface area contributed by atoms with Crippen molar-refractivity contribution >= 4 is 27.8 Å². The molecule has 92 valence electrons. The monoisotopic (exact) mass is 304 g/mol. The van der Waals surface area contributed by atoms with Crippen molar-refractivity contribution in [3.8, 4) is 0 Å². The van der Waals surface area contributed by atoms with Crippen LogP contribution in [0.4, 0.5) is 5.69 Å². The Morgan fingerprint density at radius 1 is 1.39 bits per heavy atom. The SMILES string of the molecule is CC(Nc1cc(Br)cnc1C=N)c1ccccn1. The van der Waals surface area contributed by atoms with E-state index < -0.39 is 0 Å². The molecule has 2 N–H and O–H groups in total. The summed E-state index contributed by atoms with van der Waals surface area (Å²) in [6, 6.07) is 7.78. The minimum absolute atomic E-state index is 0.0565. The fourth-order valence-corrected chi connectivity index (χ4v) is 1.95. The Kier molecular flexibility index (Phi) is 4.04. The van der Waals surface area contributed by atoms with Gasteiger partial charge in [-0.3, -0.25) is 9.97 Å². The molecule has 0 aliphatic rings. The lowest BCUT2D eigenvalue weighted by Gasteiger charge is -2.16. The zero-order valence-corrected chi connectivity index (χ0v) is 11.5. The highest BCUT2D eigenvalue weighted by atomic mass is 79.9. The minimum Gasteiger partial charge on any atom is -0.375 e. The van der Waals surface area contributed by atoms with E-state index in [1.165, 1.54) is 6.21 Å². The summed E-state index contributed by atoms with van der Waals surface area (Å²) in [6.07, 6.45) is 4.68. The highest BCUT2D eigenvalue weighted by Crippen LogP contribution is 2.22. The Hall–Kier alpha value is -1.75. The average molecular weight is 305 g/mol. The largest absolute Gasteiger partial charge is 0.375 e. The summed E-state index contributed by atoms with van der Waals surface area (Å²) in [5.74, 6) is 0. The van der Waals surface area contributed by atoms with Crippen LogP contribution in [-0.4, -0.2) is 16.2 Å². The normalized spacial score (nSPS) is 11.9. The predicted molar refractivity (Wildman–Crippen MR) is 76.1 cm³/mol. The van der Waals surface area contributed by atoms with E-state index in [0.717, 1.165) is 15.9 Å². The summed E-state index contributed by atoms with van der Waals surface area (Å²) in [5, 5.41) is 10.7. The van der Waals surface area contributed by atoms with Gasteiger partial charge in [-0.05, 0) is 41.1 Å². The molecule has 0 aliphatic heterocycles. The van der Waals surface area contributed by atoms with Crippen LogP contribution in [0.1, 0.15) is 24.4 Å². The van der Waals surface area contributed by atoms with E-state index in [9.17, 15) is 0 Å². The van der Waals surface area contributed by atoms with Gasteiger partial charge in [0.25, 0.3) is 0 Å². The minimum atomic E-state index is 0.0565. The van der Waals surface area contributed by atoms with Gasteiger partial charge in [0.2, 0.25) is 0 Å². The molecule has 0 amide bonds. The summed E-state index contributed by atoms with van der Waals surface area (Å²) in [7, 11) is 0. The summed E-state index contributed by atoms with van der Waals surface area (Å²) < 4.78 is 0.879. The summed E-state index contributed by atoms with van der Waals surface area (Å²) in [6.45, 7) is 2.02. The van der Waals surface area contributed by atoms with Crippen molar-refractivity contribution in [2.24, 2.45) is 0 Å². The van der Waals surface area contributed by atoms with E-state index >= 15 is 0 Å². The Morgan fingerprint density at radius 2 is 2.22 bits per heavy atom. The van der Waals surface area contributed by atoms with Crippen molar-refractivity contribution in [1.29, 1.82) is 5.41 Å². The number of aromatic nitrogens is 2. The van der Waals surface area contributed by atoms with Gasteiger partial charge >= 0.3 is 0 Å². The molecular weight excluding hydrogens is 292 g/mol. The molecule has 4 nitrogen and oxygen atoms in total. The van der Waals surface area contributed by atoms with E-state index in [2.05, 4.69) is 31.2 Å². The highest BCUT2D eigenvalue weighted by molar-refractivity contribution is 9.10. The first-order valence-corrected chi connectivity index (χ1v) is 6.33. The summed E-state index contributed by atoms with van der Waals surface area (Å²) in [5.41, 5.74) is 2.38. The number of halogens is 1. The Bertz CT molecular complexity index is 542. The van der Waals surface area contributed by atoms with Crippen molar-refractivity contribution in [1.82, 2.24) is 9.97 Å². The van der Waals surface area contributed by atoms with Crippen LogP contribution in [0, 0.1) is 5.41 Å². The summed E-state index contributed by atoms with van der Waals surface area (Å²) >= 11 is 3.38. The summed E-state index contributed by atoms with van der Waals surface area (Å²) in [4.78, 5) is 8.47. The van der Waals surface area contributed by atoms with Crippen molar-refractivity contribution in [3.63, 3.8) is 0 Å². The van der Waals surface area contributed by atoms with Crippen molar-refractivity contribution in [3.05, 3.63) is 52.5 Å². The molecule has 1 unspecified atom stereocenters. The quantitative estimate of drug-likeness (QED) is 0.851. The zero-order valence-electron chi connectivity index (χ0n) is 9.89. The van der Waals surface area contributed by atoms with E-state index in [1.807, 2.05) is 31.2 Å². The molecule has 18 heavy (non-hydrogen) atoms. The Labute approximate surface area is 114 Å². The van der Waals surface area contributed by atoms with Crippen LogP contribution >= 0.6 is 15.9 Å². The second-order valence-corrected chi connectivity index (χ2v) is 4.77. The highest BCUT2D eigenvalue weighted by Gasteiger charge is 2.09. The maximum atomic E-state index is 7.35. The molecule has 0 bridgehead atoms. The molecule has 0 spiro atoms. The van der Waals surface area contributed by atoms with Gasteiger partial charge < -0.3 is 10.7 Å². The molecule has 2 aromatic heterocycles. The second-order valence-electron chi connectivity index (χ2n) is 3.85. The smallest absolute Gasteiger partial charge is 0.104 e. The molecule has 0 aliphatic carbocycles. The molecule has 5 heteroatoms. The molecule has 2 rings (SSSR count). The third-order valence-electron chi connectivity index (χ3n) is 2.53. The van der Waals surface area contributed by atoms with Gasteiger partial charge in [0.05, 0.1) is 17.4 Å². The third-order valence-corrected chi connectivity index (χ3v) is 2.96. The number of hydrogen-bond donors (Lipinski definition) is 2. The van der Waals surface area contributed by atoms with Crippen LogP contribution in [0.3, 0.4) is 0 Å². The molecule has 0 fully saturated rings. The molecular formula is C13H13BrN4. The number of hydrogen-bond acceptors (Lipinski definition) is 4. The fraction of sp³-hybridized carbons (Fsp3) is 0.154. The molecule has 0 radical (unpaired) electrons. The first-order valence-electron chi connectivity index (χ1n) is 5.54. The number of nitrogens with zero attached hydrogens (tertiary/aromatic N) is 2. The van der Waals surface area contributed by atoms with Crippen molar-refractivity contribution < 1.29 is 0 Å². The fourth-order valence-electron chi connectivity index (χ4n) is 1.62. The maximum absolute atomic E-state index is 7.35. The van der Waals surface area contributed by atoms with Crippen molar-refractivity contribution in [2.75, 3.05) is 5.32 Å². The molecule has 0 saturated carbocycles. The molecule has 0 saturated heterocycles. The van der Waals surface area contributed by atoms with Crippen LogP contribution in [0.25, 0.3) is 0 Å². The van der Waals surface area contributed by atoms with Crippen molar-refractivity contribution in [2.45, 2.75) is 13.0 Å². The van der Waals surface area contributed by atoms with Gasteiger partial charge in [0.15, 0.2) is 0 Å². The Morgan fingerprint density at radius 3 is 2.89 bits per heavy atom. The van der Waals surface area contributed by atoms with Gasteiger partial charge in [-0.15, -0.1) is 0 Å². The first-order chi connectivity index (χ1) is 8.70. The van der Waals surface area contributed by atoms with Gasteiger partial charge in [-0.1, -0.05) is 6.07 Å². The average Bonchev–Trinajstić information content (AvgIpc) is 2.40. The number of nitrogens with one attached hydrogen (secondary N) is 2. The van der Waals surface area contributed by atoms with Gasteiger partial charge in [-0.2, -0.15) is 0 Å². The lowest BCUT2D eigenvalue weighted by atomic mass is 10.2. The molecule has 2 aromatic rings. The topological polar surface area (TPSA) is 61.7 Å². The third kappa shape index (κ3) is 2.92. The van der Waals surface area contributed by atoms with E-state index in [0.29, 0.717) is 5.69 Å². The maximum Gasteiger partial charge on any atom is 0.104 e. The lowest BCUT2D eigenvalue weighted by Crippen LogP contribution is -2.10. The van der Waals surface area contributed by atoms with Gasteiger partial charge in [-0.25, -0.2) is 0 Å². The molecule has 0 aromatic carbocycles. The molecule has 2 heterocycles. The number of pyridine rings is 2. The van der Waals surface area contributed by atoms with Crippen LogP contribution < -0.4 is 5.32 Å². The van der Waals surface area contributed by atoms with Gasteiger partial charge in [0, 0.05) is 23.1 Å². The predicted octanol–water partition coefficient (Wildman–Crippen LogP) is 3.41. The van der Waals surface area contributed by atoms with E-state index in [-0.39, 0.29) is 6.04 Å². The van der Waals surface area contributed by atoms with E-state index in [1.54, 1.807) is 12.4 Å². The molecule has 1 atom stereocenters. The standard InChI is InChI=1S/C13H13BrN4/c1-9(11-4-2-3-5-16-11)18-12-6-10(14)8-17-13(12)7-15/h2-9,15,18H,1H3. The van der Waals surface area contributed by atoms with E-state index in [4.69, 9.17) is 5.41 Å². The van der Waals surface area contributed by atoms with Crippen LogP contribution in [0.5, 0.6) is 0 Å². The first kappa shape index (κ1) is 12.7. The van der Waals surface area contributed by atoms with Gasteiger partial charge in [0.1, 0.15) is 5.69 Å². The van der Waals surface area contributed by atoms with Crippen LogP contribution in [0.2, 0.25) is 0 Å². The second kappa shape index (κ2) is 5.73.